The first kappa shape index (κ1) is 19.8. The zero-order valence-electron chi connectivity index (χ0n) is 15.7. The van der Waals surface area contributed by atoms with Gasteiger partial charge < -0.3 is 14.2 Å². The average Bonchev–Trinajstić information content (AvgIpc) is 2.62. The molecule has 0 amide bonds. The van der Waals surface area contributed by atoms with Crippen LogP contribution in [0.1, 0.15) is 41.3 Å². The van der Waals surface area contributed by atoms with E-state index in [4.69, 9.17) is 14.2 Å². The summed E-state index contributed by atoms with van der Waals surface area (Å²) in [5, 5.41) is 0. The van der Waals surface area contributed by atoms with E-state index in [0.717, 1.165) is 18.4 Å². The molecule has 0 fully saturated rings. The monoisotopic (exact) mass is 360 g/mol. The van der Waals surface area contributed by atoms with Crippen LogP contribution >= 0.6 is 0 Å². The topological polar surface area (TPSA) is 44.8 Å². The number of carbonyl (C=O) groups is 1. The van der Waals surface area contributed by atoms with Gasteiger partial charge in [0.25, 0.3) is 0 Å². The van der Waals surface area contributed by atoms with Gasteiger partial charge in [-0.2, -0.15) is 0 Å². The number of aryl methyl sites for hydroxylation is 2. The van der Waals surface area contributed by atoms with Crippen LogP contribution < -0.4 is 14.2 Å². The summed E-state index contributed by atoms with van der Waals surface area (Å²) in [6, 6.07) is 8.55. The normalized spacial score (nSPS) is 10.5. The highest BCUT2D eigenvalue weighted by Gasteiger charge is 2.22. The molecule has 0 atom stereocenters. The number of hydrogen-bond donors (Lipinski definition) is 0. The molecule has 0 N–H and O–H groups in total. The van der Waals surface area contributed by atoms with Crippen molar-refractivity contribution < 1.29 is 23.4 Å². The van der Waals surface area contributed by atoms with Crippen LogP contribution in [0, 0.1) is 12.7 Å². The Labute approximate surface area is 153 Å². The Morgan fingerprint density at radius 2 is 1.81 bits per heavy atom. The summed E-state index contributed by atoms with van der Waals surface area (Å²) >= 11 is 0. The van der Waals surface area contributed by atoms with Crippen LogP contribution in [0.2, 0.25) is 0 Å². The smallest absolute Gasteiger partial charge is 0.204 e. The molecule has 0 unspecified atom stereocenters. The number of halogens is 1. The molecule has 2 aromatic carbocycles. The molecule has 0 radical (unpaired) electrons. The zero-order valence-corrected chi connectivity index (χ0v) is 15.7. The Morgan fingerprint density at radius 3 is 2.42 bits per heavy atom. The second kappa shape index (κ2) is 9.22. The first-order valence-electron chi connectivity index (χ1n) is 8.62. The molecule has 140 valence electrons. The third-order valence-electron chi connectivity index (χ3n) is 4.22. The fourth-order valence-electron chi connectivity index (χ4n) is 2.95. The summed E-state index contributed by atoms with van der Waals surface area (Å²) in [6.07, 6.45) is 2.18. The molecule has 0 saturated carbocycles. The van der Waals surface area contributed by atoms with E-state index in [1.165, 1.54) is 20.1 Å². The molecule has 0 spiro atoms. The van der Waals surface area contributed by atoms with Crippen molar-refractivity contribution >= 4 is 5.78 Å². The molecular weight excluding hydrogens is 335 g/mol. The molecule has 0 saturated heterocycles. The molecule has 2 aromatic rings. The summed E-state index contributed by atoms with van der Waals surface area (Å²) in [7, 11) is 3.05. The van der Waals surface area contributed by atoms with Crippen molar-refractivity contribution in [3.05, 3.63) is 52.8 Å². The molecule has 0 aliphatic carbocycles. The van der Waals surface area contributed by atoms with Crippen molar-refractivity contribution in [2.24, 2.45) is 0 Å². The van der Waals surface area contributed by atoms with Gasteiger partial charge in [-0.25, -0.2) is 4.39 Å². The molecule has 0 aliphatic heterocycles. The third kappa shape index (κ3) is 4.54. The molecule has 0 aliphatic rings. The summed E-state index contributed by atoms with van der Waals surface area (Å²) in [4.78, 5) is 12.0. The average molecular weight is 360 g/mol. The van der Waals surface area contributed by atoms with Gasteiger partial charge in [0.2, 0.25) is 5.75 Å². The van der Waals surface area contributed by atoms with Crippen LogP contribution in [0.5, 0.6) is 17.2 Å². The Hall–Kier alpha value is -2.56. The Balaban J connectivity index is 2.05. The van der Waals surface area contributed by atoms with Gasteiger partial charge in [0.05, 0.1) is 26.4 Å². The van der Waals surface area contributed by atoms with Crippen LogP contribution in [0.15, 0.2) is 30.3 Å². The number of rotatable bonds is 9. The summed E-state index contributed by atoms with van der Waals surface area (Å²) in [5.74, 6) is 1.08. The highest BCUT2D eigenvalue weighted by molar-refractivity contribution is 5.99. The molecule has 0 aromatic heterocycles. The highest BCUT2D eigenvalue weighted by Crippen LogP contribution is 2.42. The van der Waals surface area contributed by atoms with Gasteiger partial charge >= 0.3 is 0 Å². The van der Waals surface area contributed by atoms with Crippen molar-refractivity contribution in [2.75, 3.05) is 20.8 Å². The van der Waals surface area contributed by atoms with Gasteiger partial charge in [0.1, 0.15) is 5.82 Å². The third-order valence-corrected chi connectivity index (χ3v) is 4.22. The van der Waals surface area contributed by atoms with E-state index < -0.39 is 0 Å². The molecular formula is C21H25FO4. The summed E-state index contributed by atoms with van der Waals surface area (Å²) < 4.78 is 30.3. The number of benzene rings is 2. The Bertz CT molecular complexity index is 771. The van der Waals surface area contributed by atoms with Crippen molar-refractivity contribution in [2.45, 2.75) is 33.1 Å². The van der Waals surface area contributed by atoms with E-state index in [9.17, 15) is 9.18 Å². The Morgan fingerprint density at radius 1 is 1.08 bits per heavy atom. The molecule has 2 rings (SSSR count). The summed E-state index contributed by atoms with van der Waals surface area (Å²) in [6.45, 7) is 3.75. The van der Waals surface area contributed by atoms with Crippen LogP contribution in [0.25, 0.3) is 0 Å². The van der Waals surface area contributed by atoms with E-state index in [1.807, 2.05) is 13.0 Å². The van der Waals surface area contributed by atoms with E-state index >= 15 is 0 Å². The number of Topliss-reactive ketones (excluding diaryl/α,β-unsaturated/α-hetero) is 1. The molecule has 0 bridgehead atoms. The van der Waals surface area contributed by atoms with Crippen LogP contribution in [-0.2, 0) is 6.42 Å². The molecule has 4 nitrogen and oxygen atoms in total. The van der Waals surface area contributed by atoms with E-state index in [1.54, 1.807) is 25.3 Å². The maximum atomic E-state index is 13.6. The lowest BCUT2D eigenvalue weighted by atomic mass is 10.0. The SMILES string of the molecule is COc1cc(C)c(C(C)=O)c(OC)c1OCCCCc1ccccc1F. The second-order valence-corrected chi connectivity index (χ2v) is 6.09. The number of carbonyl (C=O) groups excluding carboxylic acids is 1. The van der Waals surface area contributed by atoms with Gasteiger partial charge in [-0.1, -0.05) is 18.2 Å². The maximum Gasteiger partial charge on any atom is 0.204 e. The first-order chi connectivity index (χ1) is 12.5. The zero-order chi connectivity index (χ0) is 19.1. The highest BCUT2D eigenvalue weighted by atomic mass is 19.1. The Kier molecular flexibility index (Phi) is 7.01. The molecule has 5 heteroatoms. The van der Waals surface area contributed by atoms with Gasteiger partial charge in [-0.05, 0) is 56.4 Å². The second-order valence-electron chi connectivity index (χ2n) is 6.09. The maximum absolute atomic E-state index is 13.6. The van der Waals surface area contributed by atoms with Gasteiger partial charge in [0, 0.05) is 0 Å². The molecule has 0 heterocycles. The summed E-state index contributed by atoms with van der Waals surface area (Å²) in [5.41, 5.74) is 1.98. The van der Waals surface area contributed by atoms with E-state index in [-0.39, 0.29) is 11.6 Å². The predicted octanol–water partition coefficient (Wildman–Crippen LogP) is 4.76. The van der Waals surface area contributed by atoms with E-state index in [0.29, 0.717) is 41.4 Å². The van der Waals surface area contributed by atoms with Crippen LogP contribution in [0.4, 0.5) is 4.39 Å². The van der Waals surface area contributed by atoms with Crippen molar-refractivity contribution in [1.82, 2.24) is 0 Å². The van der Waals surface area contributed by atoms with Gasteiger partial charge in [-0.15, -0.1) is 0 Å². The lowest BCUT2D eigenvalue weighted by Gasteiger charge is -2.18. The van der Waals surface area contributed by atoms with Crippen molar-refractivity contribution in [1.29, 1.82) is 0 Å². The minimum atomic E-state index is -0.179. The minimum absolute atomic E-state index is 0.0913. The number of methoxy groups -OCH3 is 2. The lowest BCUT2D eigenvalue weighted by molar-refractivity contribution is 0.101. The van der Waals surface area contributed by atoms with Crippen LogP contribution in [0.3, 0.4) is 0 Å². The van der Waals surface area contributed by atoms with Crippen molar-refractivity contribution in [3.8, 4) is 17.2 Å². The number of ether oxygens (including phenoxy) is 3. The first-order valence-corrected chi connectivity index (χ1v) is 8.62. The largest absolute Gasteiger partial charge is 0.493 e. The molecule has 26 heavy (non-hydrogen) atoms. The number of hydrogen-bond acceptors (Lipinski definition) is 4. The van der Waals surface area contributed by atoms with Crippen LogP contribution in [-0.4, -0.2) is 26.6 Å². The number of unbranched alkanes of at least 4 members (excludes halogenated alkanes) is 1. The van der Waals surface area contributed by atoms with E-state index in [2.05, 4.69) is 0 Å². The minimum Gasteiger partial charge on any atom is -0.493 e. The number of ketones is 1. The van der Waals surface area contributed by atoms with Crippen molar-refractivity contribution in [3.63, 3.8) is 0 Å². The fourth-order valence-corrected chi connectivity index (χ4v) is 2.95. The fraction of sp³-hybridized carbons (Fsp3) is 0.381. The standard InChI is InChI=1S/C21H25FO4/c1-14-13-18(24-3)20(21(25-4)19(14)15(2)23)26-12-8-7-10-16-9-5-6-11-17(16)22/h5-6,9,11,13H,7-8,10,12H2,1-4H3. The van der Waals surface area contributed by atoms with Gasteiger partial charge in [-0.3, -0.25) is 4.79 Å². The predicted molar refractivity (Wildman–Crippen MR) is 99.1 cm³/mol. The van der Waals surface area contributed by atoms with Gasteiger partial charge in [0.15, 0.2) is 17.3 Å². The quantitative estimate of drug-likeness (QED) is 0.478. The lowest BCUT2D eigenvalue weighted by Crippen LogP contribution is -2.07.